The van der Waals surface area contributed by atoms with Crippen LogP contribution in [0.1, 0.15) is 36.8 Å². The van der Waals surface area contributed by atoms with E-state index in [1.54, 1.807) is 62.4 Å². The van der Waals surface area contributed by atoms with Crippen molar-refractivity contribution in [2.24, 2.45) is 0 Å². The average Bonchev–Trinajstić information content (AvgIpc) is 3.02. The maximum atomic E-state index is 12.6. The number of carbonyl (C=O) groups excluding carboxylic acids is 2. The fourth-order valence-corrected chi connectivity index (χ4v) is 6.56. The normalized spacial score (nSPS) is 11.3. The van der Waals surface area contributed by atoms with Gasteiger partial charge in [0.1, 0.15) is 21.3 Å². The highest BCUT2D eigenvalue weighted by Crippen LogP contribution is 2.24. The molecule has 4 aromatic rings. The number of benzene rings is 4. The van der Waals surface area contributed by atoms with Crippen LogP contribution in [0.25, 0.3) is 0 Å². The largest absolute Gasteiger partial charge is 0.379 e. The van der Waals surface area contributed by atoms with E-state index in [0.717, 1.165) is 36.8 Å². The average molecular weight is 695 g/mol. The number of anilines is 2. The standard InChI is InChI=1S/C34H38N4O8S2/c1-25-11-7-17-31(21-25)47(41,42)45-29-15-9-13-27(23-29)37-33(39)35-19-5-3-4-6-20-36-34(40)38-28-14-10-16-30(24-28)46-48(43,44)32-18-8-12-26(2)22-32/h7-18,21-24H,3-6,19-20H2,1-2H3,(H2,35,37,39)(H2,36,38,40). The first kappa shape index (κ1) is 35.8. The molecule has 4 amide bonds. The summed E-state index contributed by atoms with van der Waals surface area (Å²) in [5.74, 6) is 0.145. The lowest BCUT2D eigenvalue weighted by atomic mass is 10.2. The number of aryl methyl sites for hydroxylation is 2. The lowest BCUT2D eigenvalue weighted by Crippen LogP contribution is -2.30. The number of carbonyl (C=O) groups is 2. The summed E-state index contributed by atoms with van der Waals surface area (Å²) in [4.78, 5) is 24.7. The summed E-state index contributed by atoms with van der Waals surface area (Å²) in [6.07, 6.45) is 3.07. The summed E-state index contributed by atoms with van der Waals surface area (Å²) in [6, 6.07) is 24.2. The number of urea groups is 2. The van der Waals surface area contributed by atoms with Crippen molar-refractivity contribution in [3.8, 4) is 11.5 Å². The summed E-state index contributed by atoms with van der Waals surface area (Å²) in [6.45, 7) is 4.42. The number of amides is 4. The van der Waals surface area contributed by atoms with Crippen LogP contribution in [0.2, 0.25) is 0 Å². The molecule has 0 aliphatic rings. The Hall–Kier alpha value is -5.08. The van der Waals surface area contributed by atoms with Gasteiger partial charge in [-0.15, -0.1) is 0 Å². The van der Waals surface area contributed by atoms with Crippen LogP contribution in [0.3, 0.4) is 0 Å². The van der Waals surface area contributed by atoms with E-state index in [0.29, 0.717) is 24.5 Å². The number of nitrogens with one attached hydrogen (secondary N) is 4. The molecule has 0 saturated carbocycles. The molecule has 4 N–H and O–H groups in total. The van der Waals surface area contributed by atoms with Gasteiger partial charge in [-0.05, 0) is 86.3 Å². The number of unbranched alkanes of at least 4 members (excludes halogenated alkanes) is 3. The molecule has 0 unspecified atom stereocenters. The van der Waals surface area contributed by atoms with Crippen LogP contribution < -0.4 is 29.6 Å². The van der Waals surface area contributed by atoms with Gasteiger partial charge in [0.15, 0.2) is 0 Å². The second-order valence-corrected chi connectivity index (χ2v) is 14.0. The first-order valence-electron chi connectivity index (χ1n) is 15.2. The molecule has 254 valence electrons. The zero-order valence-corrected chi connectivity index (χ0v) is 28.2. The molecule has 14 heteroatoms. The molecule has 48 heavy (non-hydrogen) atoms. The van der Waals surface area contributed by atoms with E-state index >= 15 is 0 Å². The minimum absolute atomic E-state index is 0.0421. The topological polar surface area (TPSA) is 169 Å². The van der Waals surface area contributed by atoms with Crippen molar-refractivity contribution in [2.75, 3.05) is 23.7 Å². The summed E-state index contributed by atoms with van der Waals surface area (Å²) < 4.78 is 60.8. The second-order valence-electron chi connectivity index (χ2n) is 10.9. The van der Waals surface area contributed by atoms with Crippen LogP contribution in [-0.4, -0.2) is 42.0 Å². The lowest BCUT2D eigenvalue weighted by molar-refractivity contribution is 0.250. The van der Waals surface area contributed by atoms with Crippen molar-refractivity contribution in [1.82, 2.24) is 10.6 Å². The minimum atomic E-state index is -4.02. The van der Waals surface area contributed by atoms with Crippen molar-refractivity contribution < 1.29 is 34.8 Å². The quantitative estimate of drug-likeness (QED) is 0.0825. The third-order valence-electron chi connectivity index (χ3n) is 6.83. The molecular formula is C34H38N4O8S2. The van der Waals surface area contributed by atoms with E-state index in [1.165, 1.54) is 48.5 Å². The molecule has 4 aromatic carbocycles. The zero-order valence-electron chi connectivity index (χ0n) is 26.6. The Labute approximate surface area is 281 Å². The smallest absolute Gasteiger partial charge is 0.339 e. The molecular weight excluding hydrogens is 657 g/mol. The van der Waals surface area contributed by atoms with E-state index in [-0.39, 0.29) is 21.3 Å². The number of hydrogen-bond acceptors (Lipinski definition) is 8. The Morgan fingerprint density at radius 2 is 0.938 bits per heavy atom. The summed E-state index contributed by atoms with van der Waals surface area (Å²) in [5.41, 5.74) is 2.32. The summed E-state index contributed by atoms with van der Waals surface area (Å²) in [5, 5.41) is 10.9. The monoisotopic (exact) mass is 694 g/mol. The summed E-state index contributed by atoms with van der Waals surface area (Å²) in [7, 11) is -8.04. The van der Waals surface area contributed by atoms with Crippen LogP contribution in [0.4, 0.5) is 21.0 Å². The SMILES string of the molecule is Cc1cccc(S(=O)(=O)Oc2cccc(NC(=O)NCCCCCCNC(=O)Nc3cccc(OS(=O)(=O)c4cccc(C)c4)c3)c2)c1. The van der Waals surface area contributed by atoms with Crippen LogP contribution in [0.15, 0.2) is 107 Å². The van der Waals surface area contributed by atoms with Crippen molar-refractivity contribution in [3.63, 3.8) is 0 Å². The number of hydrogen-bond donors (Lipinski definition) is 4. The minimum Gasteiger partial charge on any atom is -0.379 e. The van der Waals surface area contributed by atoms with Gasteiger partial charge in [-0.25, -0.2) is 9.59 Å². The first-order valence-corrected chi connectivity index (χ1v) is 18.0. The van der Waals surface area contributed by atoms with Gasteiger partial charge in [0.2, 0.25) is 0 Å². The van der Waals surface area contributed by atoms with Gasteiger partial charge in [0.05, 0.1) is 0 Å². The molecule has 0 spiro atoms. The summed E-state index contributed by atoms with van der Waals surface area (Å²) >= 11 is 0. The Kier molecular flexibility index (Phi) is 12.4. The highest BCUT2D eigenvalue weighted by atomic mass is 32.2. The number of rotatable bonds is 15. The van der Waals surface area contributed by atoms with Crippen LogP contribution in [-0.2, 0) is 20.2 Å². The molecule has 0 saturated heterocycles. The molecule has 0 aliphatic heterocycles. The lowest BCUT2D eigenvalue weighted by Gasteiger charge is -2.11. The molecule has 0 fully saturated rings. The van der Waals surface area contributed by atoms with E-state index < -0.39 is 32.3 Å². The Morgan fingerprint density at radius 1 is 0.542 bits per heavy atom. The molecule has 0 heterocycles. The van der Waals surface area contributed by atoms with E-state index in [4.69, 9.17) is 8.37 Å². The van der Waals surface area contributed by atoms with Gasteiger partial charge in [-0.3, -0.25) is 0 Å². The van der Waals surface area contributed by atoms with Crippen molar-refractivity contribution in [1.29, 1.82) is 0 Å². The van der Waals surface area contributed by atoms with Gasteiger partial charge in [0, 0.05) is 36.6 Å². The zero-order chi connectivity index (χ0) is 34.6. The van der Waals surface area contributed by atoms with Crippen molar-refractivity contribution in [3.05, 3.63) is 108 Å². The molecule has 0 atom stereocenters. The second kappa shape index (κ2) is 16.7. The fourth-order valence-electron chi connectivity index (χ4n) is 4.50. The van der Waals surface area contributed by atoms with Gasteiger partial charge in [-0.1, -0.05) is 49.2 Å². The third kappa shape index (κ3) is 11.3. The molecule has 12 nitrogen and oxygen atoms in total. The maximum Gasteiger partial charge on any atom is 0.339 e. The molecule has 0 aliphatic carbocycles. The molecule has 0 radical (unpaired) electrons. The predicted molar refractivity (Wildman–Crippen MR) is 183 cm³/mol. The van der Waals surface area contributed by atoms with Gasteiger partial charge < -0.3 is 29.6 Å². The first-order chi connectivity index (χ1) is 22.9. The van der Waals surface area contributed by atoms with E-state index in [9.17, 15) is 26.4 Å². The predicted octanol–water partition coefficient (Wildman–Crippen LogP) is 6.34. The Bertz CT molecular complexity index is 1810. The van der Waals surface area contributed by atoms with Crippen LogP contribution >= 0.6 is 0 Å². The van der Waals surface area contributed by atoms with Gasteiger partial charge >= 0.3 is 32.3 Å². The maximum absolute atomic E-state index is 12.6. The van der Waals surface area contributed by atoms with Gasteiger partial charge in [0.25, 0.3) is 0 Å². The van der Waals surface area contributed by atoms with Crippen LogP contribution in [0.5, 0.6) is 11.5 Å². The molecule has 0 aromatic heterocycles. The highest BCUT2D eigenvalue weighted by Gasteiger charge is 2.18. The van der Waals surface area contributed by atoms with Crippen LogP contribution in [0, 0.1) is 13.8 Å². The van der Waals surface area contributed by atoms with Gasteiger partial charge in [-0.2, -0.15) is 16.8 Å². The molecule has 4 rings (SSSR count). The van der Waals surface area contributed by atoms with Crippen molar-refractivity contribution in [2.45, 2.75) is 49.3 Å². The Morgan fingerprint density at radius 3 is 1.33 bits per heavy atom. The highest BCUT2D eigenvalue weighted by molar-refractivity contribution is 7.87. The molecule has 0 bridgehead atoms. The van der Waals surface area contributed by atoms with E-state index in [1.807, 2.05) is 0 Å². The van der Waals surface area contributed by atoms with Crippen molar-refractivity contribution >= 4 is 43.7 Å². The third-order valence-corrected chi connectivity index (χ3v) is 9.31. The van der Waals surface area contributed by atoms with E-state index in [2.05, 4.69) is 21.3 Å². The fraction of sp³-hybridized carbons (Fsp3) is 0.235. The Balaban J connectivity index is 1.10.